The molecule has 1 aromatic carbocycles. The number of halogens is 4. The number of benzene rings is 1. The van der Waals surface area contributed by atoms with Crippen LogP contribution < -0.4 is 5.56 Å². The summed E-state index contributed by atoms with van der Waals surface area (Å²) in [5.41, 5.74) is -2.81. The van der Waals surface area contributed by atoms with Gasteiger partial charge >= 0.3 is 6.18 Å². The molecule has 2 rings (SSSR count). The molecule has 0 aliphatic heterocycles. The molecule has 2 aromatic rings. The predicted molar refractivity (Wildman–Crippen MR) is 82.0 cm³/mol. The van der Waals surface area contributed by atoms with E-state index in [-0.39, 0.29) is 17.7 Å². The van der Waals surface area contributed by atoms with E-state index in [1.54, 1.807) is 0 Å². The second-order valence-electron chi connectivity index (χ2n) is 5.96. The van der Waals surface area contributed by atoms with E-state index >= 15 is 0 Å². The first-order valence-corrected chi connectivity index (χ1v) is 7.08. The largest absolute Gasteiger partial charge is 0.416 e. The van der Waals surface area contributed by atoms with Gasteiger partial charge in [-0.1, -0.05) is 38.0 Å². The third kappa shape index (κ3) is 2.84. The summed E-state index contributed by atoms with van der Waals surface area (Å²) in [7, 11) is 1.33. The van der Waals surface area contributed by atoms with E-state index in [9.17, 15) is 22.4 Å². The minimum atomic E-state index is -4.52. The van der Waals surface area contributed by atoms with Crippen molar-refractivity contribution < 1.29 is 17.6 Å². The Hall–Kier alpha value is -2.49. The van der Waals surface area contributed by atoms with E-state index in [2.05, 4.69) is 5.92 Å². The SMILES string of the molecule is C#CCn1c(=O)c(C(C)(C)c2cccc(C(F)(F)F)c2)c(F)n1C. The molecule has 1 aromatic heterocycles. The Labute approximate surface area is 136 Å². The third-order valence-electron chi connectivity index (χ3n) is 4.08. The topological polar surface area (TPSA) is 26.9 Å². The lowest BCUT2D eigenvalue weighted by molar-refractivity contribution is -0.137. The Morgan fingerprint density at radius 1 is 1.21 bits per heavy atom. The number of hydrogen-bond donors (Lipinski definition) is 0. The van der Waals surface area contributed by atoms with Crippen molar-refractivity contribution in [3.63, 3.8) is 0 Å². The molecule has 0 saturated carbocycles. The summed E-state index contributed by atoms with van der Waals surface area (Å²) in [6, 6.07) is 4.53. The molecule has 0 spiro atoms. The maximum Gasteiger partial charge on any atom is 0.416 e. The average Bonchev–Trinajstić information content (AvgIpc) is 2.71. The quantitative estimate of drug-likeness (QED) is 0.622. The van der Waals surface area contributed by atoms with Crippen molar-refractivity contribution in [3.8, 4) is 12.3 Å². The van der Waals surface area contributed by atoms with Crippen LogP contribution in [0.4, 0.5) is 17.6 Å². The third-order valence-corrected chi connectivity index (χ3v) is 4.08. The molecule has 0 radical (unpaired) electrons. The molecule has 7 heteroatoms. The average molecular weight is 340 g/mol. The Morgan fingerprint density at radius 3 is 2.33 bits per heavy atom. The second kappa shape index (κ2) is 5.86. The molecule has 0 aliphatic rings. The normalized spacial score (nSPS) is 12.2. The van der Waals surface area contributed by atoms with Gasteiger partial charge in [0.25, 0.3) is 5.56 Å². The van der Waals surface area contributed by atoms with Crippen LogP contribution in [0.25, 0.3) is 0 Å². The Morgan fingerprint density at radius 2 is 1.79 bits per heavy atom. The van der Waals surface area contributed by atoms with E-state index in [4.69, 9.17) is 6.42 Å². The molecular weight excluding hydrogens is 324 g/mol. The number of nitrogens with zero attached hydrogens (tertiary/aromatic N) is 2. The number of hydrogen-bond acceptors (Lipinski definition) is 1. The fourth-order valence-corrected chi connectivity index (χ4v) is 2.64. The smallest absolute Gasteiger partial charge is 0.267 e. The van der Waals surface area contributed by atoms with Crippen molar-refractivity contribution in [2.24, 2.45) is 7.05 Å². The number of rotatable bonds is 3. The second-order valence-corrected chi connectivity index (χ2v) is 5.96. The fraction of sp³-hybridized carbons (Fsp3) is 0.353. The standard InChI is InChI=1S/C17H16F4N2O/c1-5-9-23-15(24)13(14(18)22(23)4)16(2,3)11-7-6-8-12(10-11)17(19,20)21/h1,6-8,10H,9H2,2-4H3. The zero-order chi connectivity index (χ0) is 18.3. The van der Waals surface area contributed by atoms with Gasteiger partial charge in [0, 0.05) is 12.5 Å². The minimum absolute atomic E-state index is 0.134. The summed E-state index contributed by atoms with van der Waals surface area (Å²) < 4.78 is 55.3. The molecule has 3 nitrogen and oxygen atoms in total. The van der Waals surface area contributed by atoms with Crippen molar-refractivity contribution in [2.75, 3.05) is 0 Å². The first-order chi connectivity index (χ1) is 11.0. The van der Waals surface area contributed by atoms with Gasteiger partial charge in [0.05, 0.1) is 11.1 Å². The molecule has 128 valence electrons. The molecule has 0 aliphatic carbocycles. The Balaban J connectivity index is 2.67. The van der Waals surface area contributed by atoms with Gasteiger partial charge in [-0.3, -0.25) is 9.48 Å². The molecule has 1 heterocycles. The first-order valence-electron chi connectivity index (χ1n) is 7.08. The van der Waals surface area contributed by atoms with Crippen LogP contribution in [0.1, 0.15) is 30.5 Å². The maximum absolute atomic E-state index is 14.6. The Bertz CT molecular complexity index is 866. The highest BCUT2D eigenvalue weighted by Crippen LogP contribution is 2.35. The highest BCUT2D eigenvalue weighted by molar-refractivity contribution is 5.39. The summed E-state index contributed by atoms with van der Waals surface area (Å²) in [5, 5.41) is 0. The minimum Gasteiger partial charge on any atom is -0.267 e. The molecule has 0 bridgehead atoms. The van der Waals surface area contributed by atoms with Crippen LogP contribution in [0.15, 0.2) is 29.1 Å². The number of aromatic nitrogens is 2. The maximum atomic E-state index is 14.6. The van der Waals surface area contributed by atoms with Crippen LogP contribution in [0, 0.1) is 18.3 Å². The monoisotopic (exact) mass is 340 g/mol. The van der Waals surface area contributed by atoms with Gasteiger partial charge in [-0.05, 0) is 11.6 Å². The van der Waals surface area contributed by atoms with Crippen molar-refractivity contribution in [1.29, 1.82) is 0 Å². The van der Waals surface area contributed by atoms with Gasteiger partial charge in [0.15, 0.2) is 0 Å². The van der Waals surface area contributed by atoms with Crippen molar-refractivity contribution in [3.05, 3.63) is 57.3 Å². The van der Waals surface area contributed by atoms with Crippen LogP contribution in [0.3, 0.4) is 0 Å². The highest BCUT2D eigenvalue weighted by Gasteiger charge is 2.36. The zero-order valence-electron chi connectivity index (χ0n) is 13.4. The number of alkyl halides is 3. The lowest BCUT2D eigenvalue weighted by Crippen LogP contribution is -2.30. The van der Waals surface area contributed by atoms with E-state index < -0.39 is 28.7 Å². The van der Waals surface area contributed by atoms with Crippen LogP contribution in [-0.4, -0.2) is 9.36 Å². The lowest BCUT2D eigenvalue weighted by Gasteiger charge is -2.24. The van der Waals surface area contributed by atoms with Crippen LogP contribution in [0.2, 0.25) is 0 Å². The number of terminal acetylenes is 1. The molecule has 0 saturated heterocycles. The van der Waals surface area contributed by atoms with Crippen molar-refractivity contribution >= 4 is 0 Å². The molecule has 0 atom stereocenters. The predicted octanol–water partition coefficient (Wildman–Crippen LogP) is 3.30. The summed E-state index contributed by atoms with van der Waals surface area (Å²) in [6.07, 6.45) is 0.652. The van der Waals surface area contributed by atoms with Gasteiger partial charge < -0.3 is 0 Å². The van der Waals surface area contributed by atoms with Gasteiger partial charge in [-0.25, -0.2) is 4.68 Å². The van der Waals surface area contributed by atoms with Crippen molar-refractivity contribution in [2.45, 2.75) is 32.0 Å². The summed E-state index contributed by atoms with van der Waals surface area (Å²) in [4.78, 5) is 12.5. The van der Waals surface area contributed by atoms with Gasteiger partial charge in [0.2, 0.25) is 5.95 Å². The molecular formula is C17H16F4N2O. The summed E-state index contributed by atoms with van der Waals surface area (Å²) in [5.74, 6) is 1.43. The van der Waals surface area contributed by atoms with Crippen molar-refractivity contribution in [1.82, 2.24) is 9.36 Å². The lowest BCUT2D eigenvalue weighted by atomic mass is 9.78. The van der Waals surface area contributed by atoms with Crippen LogP contribution in [0.5, 0.6) is 0 Å². The van der Waals surface area contributed by atoms with E-state index in [0.717, 1.165) is 21.5 Å². The summed E-state index contributed by atoms with van der Waals surface area (Å²) >= 11 is 0. The zero-order valence-corrected chi connectivity index (χ0v) is 13.4. The molecule has 0 amide bonds. The summed E-state index contributed by atoms with van der Waals surface area (Å²) in [6.45, 7) is 2.87. The van der Waals surface area contributed by atoms with Gasteiger partial charge in [-0.15, -0.1) is 6.42 Å². The van der Waals surface area contributed by atoms with E-state index in [0.29, 0.717) is 0 Å². The van der Waals surface area contributed by atoms with Gasteiger partial charge in [-0.2, -0.15) is 17.6 Å². The molecule has 24 heavy (non-hydrogen) atoms. The van der Waals surface area contributed by atoms with Gasteiger partial charge in [0.1, 0.15) is 6.54 Å². The van der Waals surface area contributed by atoms with E-state index in [1.807, 2.05) is 0 Å². The molecule has 0 unspecified atom stereocenters. The highest BCUT2D eigenvalue weighted by atomic mass is 19.4. The molecule has 0 fully saturated rings. The van der Waals surface area contributed by atoms with E-state index in [1.165, 1.54) is 33.0 Å². The first kappa shape index (κ1) is 17.9. The molecule has 0 N–H and O–H groups in total. The van der Waals surface area contributed by atoms with Crippen LogP contribution >= 0.6 is 0 Å². The fourth-order valence-electron chi connectivity index (χ4n) is 2.64. The van der Waals surface area contributed by atoms with Crippen LogP contribution in [-0.2, 0) is 25.2 Å². The Kier molecular flexibility index (Phi) is 4.36.